The molecule has 2 aromatic rings. The molecule has 2 unspecified atom stereocenters. The van der Waals surface area contributed by atoms with E-state index in [0.717, 1.165) is 24.0 Å². The van der Waals surface area contributed by atoms with Crippen molar-refractivity contribution in [3.8, 4) is 0 Å². The Hall–Kier alpha value is -2.30. The van der Waals surface area contributed by atoms with Crippen molar-refractivity contribution >= 4 is 15.9 Å². The molecule has 9 nitrogen and oxygen atoms in total. The van der Waals surface area contributed by atoms with Gasteiger partial charge in [0.15, 0.2) is 0 Å². The third kappa shape index (κ3) is 4.34. The highest BCUT2D eigenvalue weighted by Crippen LogP contribution is 2.26. The molecule has 2 saturated heterocycles. The van der Waals surface area contributed by atoms with Gasteiger partial charge in [-0.3, -0.25) is 4.79 Å². The van der Waals surface area contributed by atoms with Gasteiger partial charge in [0.1, 0.15) is 0 Å². The summed E-state index contributed by atoms with van der Waals surface area (Å²) in [6.07, 6.45) is 2.26. The summed E-state index contributed by atoms with van der Waals surface area (Å²) in [5.74, 6) is -0.0415. The summed E-state index contributed by atoms with van der Waals surface area (Å²) in [5, 5.41) is 10.3. The number of hydrogen-bond acceptors (Lipinski definition) is 7. The van der Waals surface area contributed by atoms with Gasteiger partial charge >= 0.3 is 11.8 Å². The zero-order valence-electron chi connectivity index (χ0n) is 16.3. The molecule has 0 radical (unpaired) electrons. The number of carbonyl (C=O) groups is 1. The molecule has 2 N–H and O–H groups in total. The molecule has 1 aromatic heterocycles. The fraction of sp³-hybridized carbons (Fsp3) is 0.526. The van der Waals surface area contributed by atoms with Crippen LogP contribution in [0.2, 0.25) is 0 Å². The fourth-order valence-corrected chi connectivity index (χ4v) is 5.10. The molecule has 2 aliphatic heterocycles. The maximum Gasteiger partial charge on any atom is 0.311 e. The molecule has 0 aliphatic carbocycles. The molecule has 0 saturated carbocycles. The molecular weight excluding hydrogens is 394 g/mol. The van der Waals surface area contributed by atoms with Crippen molar-refractivity contribution in [2.45, 2.75) is 44.0 Å². The number of nitrogens with one attached hydrogen (secondary N) is 2. The fourth-order valence-electron chi connectivity index (χ4n) is 3.75. The highest BCUT2D eigenvalue weighted by Gasteiger charge is 2.37. The van der Waals surface area contributed by atoms with E-state index < -0.39 is 15.3 Å². The van der Waals surface area contributed by atoms with Crippen LogP contribution in [0, 0.1) is 6.92 Å². The van der Waals surface area contributed by atoms with Gasteiger partial charge in [-0.05, 0) is 37.3 Å². The Balaban J connectivity index is 1.37. The average Bonchev–Trinajstić information content (AvgIpc) is 3.48. The maximum absolute atomic E-state index is 12.7. The van der Waals surface area contributed by atoms with E-state index in [4.69, 9.17) is 4.42 Å². The number of carbonyl (C=O) groups excluding carboxylic acids is 1. The summed E-state index contributed by atoms with van der Waals surface area (Å²) in [6, 6.07) is 7.28. The van der Waals surface area contributed by atoms with Crippen LogP contribution >= 0.6 is 0 Å². The summed E-state index contributed by atoms with van der Waals surface area (Å²) in [6.45, 7) is 3.89. The lowest BCUT2D eigenvalue weighted by molar-refractivity contribution is 0.0750. The molecule has 1 aromatic carbocycles. The van der Waals surface area contributed by atoms with Crippen LogP contribution in [-0.2, 0) is 16.6 Å². The molecule has 0 spiro atoms. The second kappa shape index (κ2) is 8.21. The van der Waals surface area contributed by atoms with Gasteiger partial charge in [-0.25, -0.2) is 13.1 Å². The van der Waals surface area contributed by atoms with Crippen molar-refractivity contribution in [3.05, 3.63) is 47.2 Å². The predicted octanol–water partition coefficient (Wildman–Crippen LogP) is 1.14. The molecule has 2 atom stereocenters. The number of sulfonamides is 1. The van der Waals surface area contributed by atoms with Gasteiger partial charge in [-0.2, -0.15) is 0 Å². The van der Waals surface area contributed by atoms with Crippen LogP contribution in [0.15, 0.2) is 28.7 Å². The van der Waals surface area contributed by atoms with E-state index in [-0.39, 0.29) is 36.8 Å². The van der Waals surface area contributed by atoms with Gasteiger partial charge in [0, 0.05) is 26.2 Å². The van der Waals surface area contributed by atoms with Crippen LogP contribution in [-0.4, -0.2) is 54.3 Å². The van der Waals surface area contributed by atoms with Crippen molar-refractivity contribution in [1.82, 2.24) is 25.1 Å². The number of amides is 1. The van der Waals surface area contributed by atoms with Crippen molar-refractivity contribution < 1.29 is 17.6 Å². The summed E-state index contributed by atoms with van der Waals surface area (Å²) in [5.41, 5.74) is 1.99. The number of rotatable bonds is 6. The first-order valence-corrected chi connectivity index (χ1v) is 11.4. The Morgan fingerprint density at radius 3 is 2.79 bits per heavy atom. The second-order valence-electron chi connectivity index (χ2n) is 7.56. The topological polar surface area (TPSA) is 117 Å². The van der Waals surface area contributed by atoms with Gasteiger partial charge in [-0.15, -0.1) is 10.2 Å². The van der Waals surface area contributed by atoms with E-state index in [0.29, 0.717) is 19.5 Å². The minimum atomic E-state index is -3.52. The van der Waals surface area contributed by atoms with Gasteiger partial charge in [0.2, 0.25) is 15.9 Å². The van der Waals surface area contributed by atoms with E-state index >= 15 is 0 Å². The van der Waals surface area contributed by atoms with Crippen LogP contribution < -0.4 is 10.0 Å². The molecular formula is C19H25N5O4S. The first-order chi connectivity index (χ1) is 13.9. The van der Waals surface area contributed by atoms with Crippen molar-refractivity contribution in [2.75, 3.05) is 19.6 Å². The molecule has 4 rings (SSSR count). The lowest BCUT2D eigenvalue weighted by Crippen LogP contribution is -2.35. The van der Waals surface area contributed by atoms with Crippen LogP contribution in [0.1, 0.15) is 53.0 Å². The van der Waals surface area contributed by atoms with Gasteiger partial charge in [0.25, 0.3) is 0 Å². The Morgan fingerprint density at radius 2 is 2.03 bits per heavy atom. The summed E-state index contributed by atoms with van der Waals surface area (Å²) in [7, 11) is -3.52. The first kappa shape index (κ1) is 20.0. The van der Waals surface area contributed by atoms with E-state index in [1.807, 2.05) is 31.2 Å². The molecule has 10 heteroatoms. The van der Waals surface area contributed by atoms with Crippen LogP contribution in [0.4, 0.5) is 0 Å². The highest BCUT2D eigenvalue weighted by molar-refractivity contribution is 7.90. The molecule has 3 heterocycles. The third-order valence-electron chi connectivity index (χ3n) is 5.57. The predicted molar refractivity (Wildman–Crippen MR) is 106 cm³/mol. The zero-order valence-corrected chi connectivity index (χ0v) is 17.1. The molecule has 29 heavy (non-hydrogen) atoms. The largest absolute Gasteiger partial charge is 0.415 e. The quantitative estimate of drug-likeness (QED) is 0.721. The number of aryl methyl sites for hydroxylation is 1. The number of hydrogen-bond donors (Lipinski definition) is 2. The molecule has 2 fully saturated rings. The number of nitrogens with zero attached hydrogens (tertiary/aromatic N) is 3. The Labute approximate surface area is 169 Å². The van der Waals surface area contributed by atoms with Crippen molar-refractivity contribution in [2.24, 2.45) is 0 Å². The SMILES string of the molecule is Cc1ccccc1CNS(=O)(=O)C1CNC(c2nnc(C(=O)N3CCCC3)o2)C1. The van der Waals surface area contributed by atoms with E-state index in [1.54, 1.807) is 4.90 Å². The Bertz CT molecular complexity index is 984. The summed E-state index contributed by atoms with van der Waals surface area (Å²) in [4.78, 5) is 14.0. The minimum Gasteiger partial charge on any atom is -0.415 e. The Kier molecular flexibility index (Phi) is 5.66. The minimum absolute atomic E-state index is 0.0346. The van der Waals surface area contributed by atoms with Crippen LogP contribution in [0.25, 0.3) is 0 Å². The van der Waals surface area contributed by atoms with E-state index in [2.05, 4.69) is 20.2 Å². The van der Waals surface area contributed by atoms with E-state index in [9.17, 15) is 13.2 Å². The summed E-state index contributed by atoms with van der Waals surface area (Å²) < 4.78 is 33.7. The molecule has 1 amide bonds. The van der Waals surface area contributed by atoms with Gasteiger partial charge in [-0.1, -0.05) is 24.3 Å². The third-order valence-corrected chi connectivity index (χ3v) is 7.35. The van der Waals surface area contributed by atoms with E-state index in [1.165, 1.54) is 0 Å². The zero-order chi connectivity index (χ0) is 20.4. The molecule has 156 valence electrons. The monoisotopic (exact) mass is 419 g/mol. The first-order valence-electron chi connectivity index (χ1n) is 9.83. The normalized spacial score (nSPS) is 22.3. The van der Waals surface area contributed by atoms with Gasteiger partial charge in [0.05, 0.1) is 11.3 Å². The summed E-state index contributed by atoms with van der Waals surface area (Å²) >= 11 is 0. The molecule has 0 bridgehead atoms. The van der Waals surface area contributed by atoms with Gasteiger partial charge < -0.3 is 14.6 Å². The lowest BCUT2D eigenvalue weighted by atomic mass is 10.1. The van der Waals surface area contributed by atoms with Crippen LogP contribution in [0.3, 0.4) is 0 Å². The standard InChI is InChI=1S/C19H25N5O4S/c1-13-6-2-3-7-14(13)11-21-29(26,27)15-10-16(20-12-15)17-22-23-18(28-17)19(25)24-8-4-5-9-24/h2-3,6-7,15-16,20-21H,4-5,8-12H2,1H3. The molecule has 2 aliphatic rings. The maximum atomic E-state index is 12.7. The number of aromatic nitrogens is 2. The second-order valence-corrected chi connectivity index (χ2v) is 9.60. The number of benzene rings is 1. The van der Waals surface area contributed by atoms with Crippen molar-refractivity contribution in [3.63, 3.8) is 0 Å². The van der Waals surface area contributed by atoms with Crippen molar-refractivity contribution in [1.29, 1.82) is 0 Å². The Morgan fingerprint density at radius 1 is 1.28 bits per heavy atom. The highest BCUT2D eigenvalue weighted by atomic mass is 32.2. The number of likely N-dealkylation sites (tertiary alicyclic amines) is 1. The lowest BCUT2D eigenvalue weighted by Gasteiger charge is -2.13. The van der Waals surface area contributed by atoms with Crippen LogP contribution in [0.5, 0.6) is 0 Å². The smallest absolute Gasteiger partial charge is 0.311 e. The average molecular weight is 420 g/mol.